The van der Waals surface area contributed by atoms with Crippen LogP contribution in [0.4, 0.5) is 0 Å². The Morgan fingerprint density at radius 1 is 1.30 bits per heavy atom. The van der Waals surface area contributed by atoms with Crippen molar-refractivity contribution in [2.24, 2.45) is 5.92 Å². The van der Waals surface area contributed by atoms with Gasteiger partial charge in [0.1, 0.15) is 0 Å². The van der Waals surface area contributed by atoms with Crippen LogP contribution in [0.3, 0.4) is 0 Å². The molecule has 20 heavy (non-hydrogen) atoms. The maximum atomic E-state index is 10.6. The lowest BCUT2D eigenvalue weighted by Gasteiger charge is -2.40. The fourth-order valence-corrected chi connectivity index (χ4v) is 2.82. The summed E-state index contributed by atoms with van der Waals surface area (Å²) < 4.78 is 6.08. The fourth-order valence-electron chi connectivity index (χ4n) is 2.82. The fraction of sp³-hybridized carbons (Fsp3) is 0.556. The van der Waals surface area contributed by atoms with E-state index in [0.717, 1.165) is 24.8 Å². The topological polar surface area (TPSA) is 29.5 Å². The van der Waals surface area contributed by atoms with Crippen LogP contribution in [0.15, 0.2) is 42.5 Å². The van der Waals surface area contributed by atoms with Crippen molar-refractivity contribution >= 4 is 0 Å². The molecule has 0 saturated heterocycles. The van der Waals surface area contributed by atoms with E-state index in [0.29, 0.717) is 6.61 Å². The Morgan fingerprint density at radius 2 is 2.05 bits per heavy atom. The van der Waals surface area contributed by atoms with Gasteiger partial charge in [0.2, 0.25) is 0 Å². The van der Waals surface area contributed by atoms with Crippen molar-refractivity contribution in [3.8, 4) is 0 Å². The van der Waals surface area contributed by atoms with Crippen LogP contribution in [-0.2, 0) is 11.3 Å². The average molecular weight is 274 g/mol. The molecular formula is C18H26O2. The highest BCUT2D eigenvalue weighted by atomic mass is 16.5. The van der Waals surface area contributed by atoms with Gasteiger partial charge in [-0.25, -0.2) is 0 Å². The van der Waals surface area contributed by atoms with Crippen LogP contribution in [0.25, 0.3) is 0 Å². The number of ether oxygens (including phenoxy) is 1. The molecule has 3 atom stereocenters. The first-order valence-electron chi connectivity index (χ1n) is 7.68. The van der Waals surface area contributed by atoms with Crippen molar-refractivity contribution in [3.63, 3.8) is 0 Å². The van der Waals surface area contributed by atoms with Crippen molar-refractivity contribution in [2.75, 3.05) is 0 Å². The van der Waals surface area contributed by atoms with Gasteiger partial charge in [0.25, 0.3) is 0 Å². The Bertz CT molecular complexity index is 426. The van der Waals surface area contributed by atoms with Gasteiger partial charge in [-0.2, -0.15) is 0 Å². The third-order valence-electron chi connectivity index (χ3n) is 4.24. The third kappa shape index (κ3) is 3.71. The van der Waals surface area contributed by atoms with E-state index in [2.05, 4.69) is 31.2 Å². The number of rotatable bonds is 6. The summed E-state index contributed by atoms with van der Waals surface area (Å²) >= 11 is 0. The summed E-state index contributed by atoms with van der Waals surface area (Å²) in [4.78, 5) is 0. The molecule has 0 spiro atoms. The monoisotopic (exact) mass is 274 g/mol. The molecule has 0 saturated carbocycles. The van der Waals surface area contributed by atoms with Crippen molar-refractivity contribution < 1.29 is 9.84 Å². The molecule has 0 heterocycles. The molecule has 0 unspecified atom stereocenters. The molecule has 0 fully saturated rings. The van der Waals surface area contributed by atoms with Crippen LogP contribution >= 0.6 is 0 Å². The van der Waals surface area contributed by atoms with Crippen molar-refractivity contribution in [2.45, 2.75) is 57.8 Å². The molecule has 0 aromatic heterocycles. The predicted octanol–water partition coefficient (Wildman–Crippen LogP) is 4.09. The molecular weight excluding hydrogens is 248 g/mol. The van der Waals surface area contributed by atoms with Crippen LogP contribution < -0.4 is 0 Å². The number of hydrogen-bond donors (Lipinski definition) is 1. The summed E-state index contributed by atoms with van der Waals surface area (Å²) in [5, 5.41) is 10.6. The lowest BCUT2D eigenvalue weighted by atomic mass is 9.78. The molecule has 2 heteroatoms. The minimum Gasteiger partial charge on any atom is -0.390 e. The minimum atomic E-state index is -0.469. The third-order valence-corrected chi connectivity index (χ3v) is 4.24. The molecule has 0 aliphatic heterocycles. The van der Waals surface area contributed by atoms with E-state index in [-0.39, 0.29) is 5.92 Å². The molecule has 1 aromatic carbocycles. The molecule has 2 rings (SSSR count). The molecule has 110 valence electrons. The number of aliphatic hydroxyl groups excluding tert-OH is 1. The molecule has 0 amide bonds. The molecule has 1 aliphatic carbocycles. The van der Waals surface area contributed by atoms with Crippen molar-refractivity contribution in [3.05, 3.63) is 48.0 Å². The Morgan fingerprint density at radius 3 is 2.75 bits per heavy atom. The molecule has 0 radical (unpaired) electrons. The maximum absolute atomic E-state index is 10.6. The number of aliphatic hydroxyl groups is 1. The van der Waals surface area contributed by atoms with Crippen LogP contribution in [-0.4, -0.2) is 16.8 Å². The second-order valence-electron chi connectivity index (χ2n) is 5.97. The van der Waals surface area contributed by atoms with Crippen LogP contribution in [0.2, 0.25) is 0 Å². The van der Waals surface area contributed by atoms with E-state index in [4.69, 9.17) is 4.74 Å². The Hall–Kier alpha value is -1.12. The quantitative estimate of drug-likeness (QED) is 0.792. The van der Waals surface area contributed by atoms with E-state index in [1.54, 1.807) is 0 Å². The lowest BCUT2D eigenvalue weighted by Crippen LogP contribution is -2.47. The maximum Gasteiger partial charge on any atom is 0.0956 e. The first-order valence-corrected chi connectivity index (χ1v) is 7.68. The summed E-state index contributed by atoms with van der Waals surface area (Å²) in [5.74, 6) is 0.226. The molecule has 2 nitrogen and oxygen atoms in total. The highest BCUT2D eigenvalue weighted by Gasteiger charge is 2.39. The molecule has 1 aromatic rings. The van der Waals surface area contributed by atoms with E-state index >= 15 is 0 Å². The minimum absolute atomic E-state index is 0.226. The zero-order chi connectivity index (χ0) is 14.4. The normalized spacial score (nSPS) is 29.6. The van der Waals surface area contributed by atoms with E-state index < -0.39 is 11.7 Å². The van der Waals surface area contributed by atoms with Gasteiger partial charge in [-0.1, -0.05) is 62.2 Å². The van der Waals surface area contributed by atoms with Crippen molar-refractivity contribution in [1.29, 1.82) is 0 Å². The molecule has 1 N–H and O–H groups in total. The molecule has 0 bridgehead atoms. The highest BCUT2D eigenvalue weighted by Crippen LogP contribution is 2.34. The summed E-state index contributed by atoms with van der Waals surface area (Å²) in [6.07, 6.45) is 8.05. The van der Waals surface area contributed by atoms with E-state index in [1.807, 2.05) is 25.1 Å². The van der Waals surface area contributed by atoms with Gasteiger partial charge in [-0.05, 0) is 25.3 Å². The summed E-state index contributed by atoms with van der Waals surface area (Å²) in [5.41, 5.74) is 0.684. The van der Waals surface area contributed by atoms with Gasteiger partial charge in [-0.3, -0.25) is 0 Å². The Kier molecular flexibility index (Phi) is 5.38. The van der Waals surface area contributed by atoms with Gasteiger partial charge in [-0.15, -0.1) is 0 Å². The Balaban J connectivity index is 1.97. The van der Waals surface area contributed by atoms with Crippen LogP contribution in [0.5, 0.6) is 0 Å². The zero-order valence-corrected chi connectivity index (χ0v) is 12.6. The second-order valence-corrected chi connectivity index (χ2v) is 5.97. The Labute approximate surface area is 122 Å². The predicted molar refractivity (Wildman–Crippen MR) is 82.4 cm³/mol. The average Bonchev–Trinajstić information content (AvgIpc) is 2.48. The summed E-state index contributed by atoms with van der Waals surface area (Å²) in [6.45, 7) is 4.77. The van der Waals surface area contributed by atoms with Gasteiger partial charge in [0.05, 0.1) is 18.3 Å². The summed E-state index contributed by atoms with van der Waals surface area (Å²) in [7, 11) is 0. The zero-order valence-electron chi connectivity index (χ0n) is 12.6. The van der Waals surface area contributed by atoms with Crippen LogP contribution in [0.1, 0.15) is 45.1 Å². The van der Waals surface area contributed by atoms with Gasteiger partial charge < -0.3 is 9.84 Å². The SMILES string of the molecule is CCCC[C@H]1C=CC[C@](C)(OCc2ccccc2)[C@H]1O. The van der Waals surface area contributed by atoms with Crippen LogP contribution in [0, 0.1) is 5.92 Å². The van der Waals surface area contributed by atoms with Crippen molar-refractivity contribution in [1.82, 2.24) is 0 Å². The largest absolute Gasteiger partial charge is 0.390 e. The van der Waals surface area contributed by atoms with E-state index in [9.17, 15) is 5.11 Å². The van der Waals surface area contributed by atoms with E-state index in [1.165, 1.54) is 6.42 Å². The second kappa shape index (κ2) is 7.05. The first-order chi connectivity index (χ1) is 9.65. The first kappa shape index (κ1) is 15.3. The number of benzene rings is 1. The van der Waals surface area contributed by atoms with Gasteiger partial charge in [0.15, 0.2) is 0 Å². The number of hydrogen-bond acceptors (Lipinski definition) is 2. The number of unbranched alkanes of at least 4 members (excludes halogenated alkanes) is 1. The lowest BCUT2D eigenvalue weighted by molar-refractivity contribution is -0.136. The summed E-state index contributed by atoms with van der Waals surface area (Å²) in [6, 6.07) is 10.2. The van der Waals surface area contributed by atoms with Gasteiger partial charge >= 0.3 is 0 Å². The smallest absolute Gasteiger partial charge is 0.0956 e. The van der Waals surface area contributed by atoms with Gasteiger partial charge in [0, 0.05) is 5.92 Å². The molecule has 1 aliphatic rings. The standard InChI is InChI=1S/C18H26O2/c1-3-4-11-16-12-8-13-18(2,17(16)19)20-14-15-9-6-5-7-10-15/h5-10,12,16-17,19H,3-4,11,13-14H2,1-2H3/t16-,17-,18-/m0/s1. The highest BCUT2D eigenvalue weighted by molar-refractivity contribution is 5.14.